The van der Waals surface area contributed by atoms with Crippen molar-refractivity contribution in [2.75, 3.05) is 18.1 Å². The lowest BCUT2D eigenvalue weighted by atomic mass is 10.0. The molecule has 17 heteroatoms. The monoisotopic (exact) mass is 528 g/mol. The molecule has 1 aromatic heterocycles. The third-order valence-corrected chi connectivity index (χ3v) is 7.22. The second-order valence-corrected chi connectivity index (χ2v) is 9.43. The summed E-state index contributed by atoms with van der Waals surface area (Å²) in [6, 6.07) is -1.08. The van der Waals surface area contributed by atoms with E-state index in [0.29, 0.717) is 4.91 Å². The average Bonchev–Trinajstić information content (AvgIpc) is 3.19. The Labute approximate surface area is 203 Å². The van der Waals surface area contributed by atoms with E-state index in [2.05, 4.69) is 20.3 Å². The summed E-state index contributed by atoms with van der Waals surface area (Å²) in [6.07, 6.45) is 1.06. The van der Waals surface area contributed by atoms with E-state index in [-0.39, 0.29) is 22.3 Å². The molecule has 1 saturated heterocycles. The van der Waals surface area contributed by atoms with Crippen LogP contribution < -0.4 is 16.8 Å². The molecule has 2 aliphatic heterocycles. The molecule has 1 aromatic rings. The van der Waals surface area contributed by atoms with Crippen LogP contribution in [0, 0.1) is 0 Å². The van der Waals surface area contributed by atoms with Gasteiger partial charge in [0.15, 0.2) is 10.8 Å². The number of carboxylic acid groups (broad SMARTS) is 2. The van der Waals surface area contributed by atoms with E-state index in [4.69, 9.17) is 16.6 Å². The Kier molecular flexibility index (Phi) is 7.79. The van der Waals surface area contributed by atoms with Gasteiger partial charge in [-0.15, -0.1) is 23.1 Å². The maximum atomic E-state index is 12.8. The summed E-state index contributed by atoms with van der Waals surface area (Å²) in [6.45, 7) is -0.817. The van der Waals surface area contributed by atoms with Crippen molar-refractivity contribution in [2.24, 2.45) is 10.9 Å². The highest BCUT2D eigenvalue weighted by Gasteiger charge is 2.54. The number of rotatable bonds is 10. The summed E-state index contributed by atoms with van der Waals surface area (Å²) in [5.41, 5.74) is 9.95. The maximum Gasteiger partial charge on any atom is 0.353 e. The number of oxime groups is 1. The van der Waals surface area contributed by atoms with Gasteiger partial charge in [-0.3, -0.25) is 19.3 Å². The molecule has 0 radical (unpaired) electrons. The zero-order chi connectivity index (χ0) is 25.0. The largest absolute Gasteiger partial charge is 0.479 e. The number of fused-ring (bicyclic) bond motifs is 1. The van der Waals surface area contributed by atoms with Gasteiger partial charge in [-0.2, -0.15) is 0 Å². The number of thioether (sulfide) groups is 2. The Morgan fingerprint density at radius 2 is 2.12 bits per heavy atom. The van der Waals surface area contributed by atoms with Crippen LogP contribution >= 0.6 is 34.9 Å². The molecule has 14 nitrogen and oxygen atoms in total. The van der Waals surface area contributed by atoms with E-state index >= 15 is 0 Å². The first-order valence-corrected chi connectivity index (χ1v) is 11.9. The Bertz CT molecular complexity index is 1150. The van der Waals surface area contributed by atoms with Crippen molar-refractivity contribution in [3.63, 3.8) is 0 Å². The molecule has 0 aliphatic carbocycles. The quantitative estimate of drug-likeness (QED) is 0.106. The van der Waals surface area contributed by atoms with Gasteiger partial charge in [0.25, 0.3) is 11.8 Å². The van der Waals surface area contributed by atoms with Gasteiger partial charge in [0.05, 0.1) is 0 Å². The number of β-lactam (4-membered cyclic amide) rings is 1. The van der Waals surface area contributed by atoms with Gasteiger partial charge >= 0.3 is 11.9 Å². The number of primary amides is 1. The number of amides is 3. The number of aromatic nitrogens is 1. The first-order chi connectivity index (χ1) is 16.1. The first-order valence-electron chi connectivity index (χ1n) is 9.08. The predicted octanol–water partition coefficient (Wildman–Crippen LogP) is -1.04. The van der Waals surface area contributed by atoms with E-state index < -0.39 is 53.4 Å². The SMILES string of the molecule is NC(=O)C=CSC1=C(C(=O)O)N2C(=O)[C@@H](NC(=O)C(=NOCC(=O)O)c3csc(N)n3)[C@@H]2SC1. The highest BCUT2D eigenvalue weighted by molar-refractivity contribution is 8.08. The van der Waals surface area contributed by atoms with E-state index in [1.807, 2.05) is 0 Å². The number of aliphatic carboxylic acids is 2. The van der Waals surface area contributed by atoms with Gasteiger partial charge in [-0.25, -0.2) is 14.6 Å². The Morgan fingerprint density at radius 1 is 1.38 bits per heavy atom. The molecule has 0 bridgehead atoms. The van der Waals surface area contributed by atoms with Gasteiger partial charge < -0.3 is 31.8 Å². The molecule has 1 fully saturated rings. The first kappa shape index (κ1) is 25.1. The molecule has 3 amide bonds. The second-order valence-electron chi connectivity index (χ2n) is 6.44. The summed E-state index contributed by atoms with van der Waals surface area (Å²) >= 11 is 3.16. The normalized spacial score (nSPS) is 20.1. The lowest BCUT2D eigenvalue weighted by molar-refractivity contribution is -0.150. The molecule has 3 heterocycles. The van der Waals surface area contributed by atoms with Crippen LogP contribution in [0.5, 0.6) is 0 Å². The highest BCUT2D eigenvalue weighted by Crippen LogP contribution is 2.43. The number of thiazole rings is 1. The number of carboxylic acids is 2. The Balaban J connectivity index is 1.78. The lowest BCUT2D eigenvalue weighted by Crippen LogP contribution is -2.71. The number of nitrogens with one attached hydrogen (secondary N) is 1. The molecule has 0 unspecified atom stereocenters. The van der Waals surface area contributed by atoms with Crippen molar-refractivity contribution in [2.45, 2.75) is 11.4 Å². The standard InChI is InChI=1S/C17H16N6O8S3/c18-8(24)1-2-32-7-5-33-15-11(14(28)23(15)12(7)16(29)30)21-13(27)10(22-31-3-9(25)26)6-4-34-17(19)20-6/h1-2,4,11,15H,3,5H2,(H2,18,24)(H2,19,20)(H,21,27)(H,25,26)(H,29,30)/t11-,15+/m1/s1. The maximum absolute atomic E-state index is 12.8. The van der Waals surface area contributed by atoms with Crippen LogP contribution in [0.2, 0.25) is 0 Å². The van der Waals surface area contributed by atoms with Crippen LogP contribution in [0.25, 0.3) is 0 Å². The van der Waals surface area contributed by atoms with Crippen molar-refractivity contribution >= 4 is 75.4 Å². The van der Waals surface area contributed by atoms with Crippen LogP contribution in [0.3, 0.4) is 0 Å². The third-order valence-electron chi connectivity index (χ3n) is 4.19. The molecule has 7 N–H and O–H groups in total. The lowest BCUT2D eigenvalue weighted by Gasteiger charge is -2.49. The number of carbonyl (C=O) groups excluding carboxylic acids is 3. The number of anilines is 1. The Morgan fingerprint density at radius 3 is 2.71 bits per heavy atom. The van der Waals surface area contributed by atoms with Crippen molar-refractivity contribution in [3.05, 3.63) is 33.2 Å². The van der Waals surface area contributed by atoms with Gasteiger partial charge in [0.2, 0.25) is 12.5 Å². The van der Waals surface area contributed by atoms with Crippen LogP contribution in [-0.2, 0) is 28.8 Å². The van der Waals surface area contributed by atoms with Crippen molar-refractivity contribution in [1.82, 2.24) is 15.2 Å². The minimum absolute atomic E-state index is 0.0105. The molecule has 180 valence electrons. The molecule has 0 saturated carbocycles. The van der Waals surface area contributed by atoms with Crippen LogP contribution in [0.4, 0.5) is 5.13 Å². The van der Waals surface area contributed by atoms with Crippen LogP contribution in [-0.4, -0.2) is 79.2 Å². The number of hydrogen-bond acceptors (Lipinski definition) is 12. The fourth-order valence-electron chi connectivity index (χ4n) is 2.83. The molecule has 3 rings (SSSR count). The molecule has 34 heavy (non-hydrogen) atoms. The fourth-order valence-corrected chi connectivity index (χ4v) is 5.71. The molecular weight excluding hydrogens is 512 g/mol. The molecular formula is C17H16N6O8S3. The summed E-state index contributed by atoms with van der Waals surface area (Å²) in [5.74, 6) is -4.75. The number of carbonyl (C=O) groups is 5. The number of nitrogens with zero attached hydrogens (tertiary/aromatic N) is 3. The highest BCUT2D eigenvalue weighted by atomic mass is 32.2. The van der Waals surface area contributed by atoms with Gasteiger partial charge in [-0.05, 0) is 5.41 Å². The van der Waals surface area contributed by atoms with Gasteiger partial charge in [-0.1, -0.05) is 16.9 Å². The minimum atomic E-state index is -1.35. The van der Waals surface area contributed by atoms with E-state index in [1.54, 1.807) is 0 Å². The van der Waals surface area contributed by atoms with E-state index in [9.17, 15) is 29.1 Å². The zero-order valence-corrected chi connectivity index (χ0v) is 19.3. The van der Waals surface area contributed by atoms with E-state index in [1.165, 1.54) is 22.5 Å². The zero-order valence-electron chi connectivity index (χ0n) is 16.9. The molecule has 0 aromatic carbocycles. The summed E-state index contributed by atoms with van der Waals surface area (Å²) in [7, 11) is 0. The summed E-state index contributed by atoms with van der Waals surface area (Å²) in [4.78, 5) is 68.9. The van der Waals surface area contributed by atoms with Crippen molar-refractivity contribution in [3.8, 4) is 0 Å². The predicted molar refractivity (Wildman–Crippen MR) is 122 cm³/mol. The number of nitrogens with two attached hydrogens (primary N) is 2. The summed E-state index contributed by atoms with van der Waals surface area (Å²) < 4.78 is 0. The average molecular weight is 529 g/mol. The number of nitrogen functional groups attached to an aromatic ring is 1. The van der Waals surface area contributed by atoms with Crippen LogP contribution in [0.1, 0.15) is 5.69 Å². The van der Waals surface area contributed by atoms with E-state index in [0.717, 1.165) is 34.1 Å². The number of hydrogen-bond donors (Lipinski definition) is 5. The molecule has 0 spiro atoms. The summed E-state index contributed by atoms with van der Waals surface area (Å²) in [5, 5.41) is 26.4. The van der Waals surface area contributed by atoms with Gasteiger partial charge in [0, 0.05) is 22.1 Å². The van der Waals surface area contributed by atoms with Gasteiger partial charge in [0.1, 0.15) is 22.8 Å². The minimum Gasteiger partial charge on any atom is -0.479 e. The second kappa shape index (κ2) is 10.6. The van der Waals surface area contributed by atoms with Crippen molar-refractivity contribution < 1.29 is 39.0 Å². The fraction of sp³-hybridized carbons (Fsp3) is 0.235. The topological polar surface area (TPSA) is 228 Å². The van der Waals surface area contributed by atoms with Crippen LogP contribution in [0.15, 0.2) is 32.6 Å². The molecule has 2 aliphatic rings. The third kappa shape index (κ3) is 5.49. The molecule has 2 atom stereocenters. The van der Waals surface area contributed by atoms with Crippen molar-refractivity contribution in [1.29, 1.82) is 0 Å². The Hall–Kier alpha value is -3.57. The smallest absolute Gasteiger partial charge is 0.353 e.